The van der Waals surface area contributed by atoms with Crippen LogP contribution in [0.2, 0.25) is 0 Å². The molecule has 3 aromatic rings. The van der Waals surface area contributed by atoms with Crippen LogP contribution in [0, 0.1) is 0 Å². The van der Waals surface area contributed by atoms with Gasteiger partial charge in [0.25, 0.3) is 0 Å². The minimum atomic E-state index is 0.923. The van der Waals surface area contributed by atoms with Gasteiger partial charge in [-0.25, -0.2) is 0 Å². The van der Waals surface area contributed by atoms with Crippen LogP contribution in [0.3, 0.4) is 0 Å². The third kappa shape index (κ3) is 6.34. The van der Waals surface area contributed by atoms with E-state index in [9.17, 15) is 0 Å². The monoisotopic (exact) mass is 423 g/mol. The molecule has 0 atom stereocenters. The highest BCUT2D eigenvalue weighted by Gasteiger charge is 2.23. The highest BCUT2D eigenvalue weighted by atomic mass is 15.2. The fourth-order valence-corrected chi connectivity index (χ4v) is 3.76. The van der Waals surface area contributed by atoms with Crippen molar-refractivity contribution >= 4 is 29.1 Å². The molecule has 0 saturated carbocycles. The van der Waals surface area contributed by atoms with Crippen LogP contribution in [0.25, 0.3) is 17.7 Å². The molecule has 3 aromatic carbocycles. The van der Waals surface area contributed by atoms with Crippen molar-refractivity contribution in [2.45, 2.75) is 40.5 Å². The summed E-state index contributed by atoms with van der Waals surface area (Å²) in [4.78, 5) is 2.37. The van der Waals surface area contributed by atoms with E-state index in [1.807, 2.05) is 33.8 Å². The van der Waals surface area contributed by atoms with Crippen LogP contribution in [0.1, 0.15) is 46.1 Å². The van der Waals surface area contributed by atoms with Crippen LogP contribution >= 0.6 is 0 Å². The van der Waals surface area contributed by atoms with E-state index < -0.39 is 0 Å². The number of hydrogen-bond acceptors (Lipinski definition) is 1. The lowest BCUT2D eigenvalue weighted by Crippen LogP contribution is -2.19. The summed E-state index contributed by atoms with van der Waals surface area (Å²) >= 11 is 0. The van der Waals surface area contributed by atoms with Gasteiger partial charge >= 0.3 is 0 Å². The van der Waals surface area contributed by atoms with Gasteiger partial charge in [-0.15, -0.1) is 6.58 Å². The maximum atomic E-state index is 3.80. The van der Waals surface area contributed by atoms with Gasteiger partial charge in [0.1, 0.15) is 0 Å². The molecule has 0 amide bonds. The molecule has 1 aliphatic carbocycles. The molecule has 1 heterocycles. The highest BCUT2D eigenvalue weighted by Crippen LogP contribution is 2.40. The third-order valence-electron chi connectivity index (χ3n) is 5.14. The van der Waals surface area contributed by atoms with Crippen molar-refractivity contribution in [2.75, 3.05) is 11.4 Å². The topological polar surface area (TPSA) is 3.24 Å². The van der Waals surface area contributed by atoms with Crippen molar-refractivity contribution in [1.82, 2.24) is 0 Å². The van der Waals surface area contributed by atoms with Crippen LogP contribution in [0.15, 0.2) is 97.6 Å². The molecule has 1 nitrogen and oxygen atoms in total. The first kappa shape index (κ1) is 24.9. The largest absolute Gasteiger partial charge is 0.336 e. The lowest BCUT2D eigenvalue weighted by molar-refractivity contribution is 1.15. The third-order valence-corrected chi connectivity index (χ3v) is 5.14. The van der Waals surface area contributed by atoms with E-state index in [0.29, 0.717) is 0 Å². The molecule has 0 aromatic heterocycles. The summed E-state index contributed by atoms with van der Waals surface area (Å²) in [5.41, 5.74) is 5.27. The van der Waals surface area contributed by atoms with E-state index >= 15 is 0 Å². The normalized spacial score (nSPS) is 13.5. The number of benzene rings is 3. The van der Waals surface area contributed by atoms with Gasteiger partial charge in [0, 0.05) is 23.5 Å². The fourth-order valence-electron chi connectivity index (χ4n) is 3.76. The van der Waals surface area contributed by atoms with E-state index in [2.05, 4.69) is 109 Å². The molecule has 1 aliphatic heterocycles. The summed E-state index contributed by atoms with van der Waals surface area (Å²) in [5, 5.41) is 2.77. The number of anilines is 2. The van der Waals surface area contributed by atoms with Crippen molar-refractivity contribution in [3.8, 4) is 0 Å². The quantitative estimate of drug-likeness (QED) is 0.394. The second kappa shape index (κ2) is 13.9. The van der Waals surface area contributed by atoms with Crippen LogP contribution < -0.4 is 15.3 Å². The van der Waals surface area contributed by atoms with Gasteiger partial charge in [0.2, 0.25) is 0 Å². The Hall–Kier alpha value is -3.32. The summed E-state index contributed by atoms with van der Waals surface area (Å²) in [7, 11) is 0. The maximum absolute atomic E-state index is 3.80. The standard InChI is InChI=1S/C18H17N.C9H8.2C2H6/c1-2-3-9-15-14-19(16-10-5-4-6-11-16)18-13-8-7-12-17(15)18;1-2-5-9-7-3-6-8(9)4-1;2*1-2/h2,4-13H,1,3,14H2;1-2,4-7H,3H2;2*1-2H3/b15-9+;;;. The van der Waals surface area contributed by atoms with Gasteiger partial charge in [0.15, 0.2) is 0 Å². The summed E-state index contributed by atoms with van der Waals surface area (Å²) < 4.78 is 0. The Labute approximate surface area is 194 Å². The Morgan fingerprint density at radius 3 is 1.94 bits per heavy atom. The second-order valence-corrected chi connectivity index (χ2v) is 6.97. The number of rotatable bonds is 3. The minimum Gasteiger partial charge on any atom is -0.336 e. The van der Waals surface area contributed by atoms with E-state index in [4.69, 9.17) is 0 Å². The Morgan fingerprint density at radius 2 is 1.31 bits per heavy atom. The summed E-state index contributed by atoms with van der Waals surface area (Å²) in [6.07, 6.45) is 10.7. The Bertz CT molecular complexity index is 1070. The molecule has 0 unspecified atom stereocenters. The summed E-state index contributed by atoms with van der Waals surface area (Å²) in [6, 6.07) is 27.6. The van der Waals surface area contributed by atoms with Crippen molar-refractivity contribution in [2.24, 2.45) is 0 Å². The van der Waals surface area contributed by atoms with Gasteiger partial charge in [0.05, 0.1) is 0 Å². The molecule has 2 aliphatic rings. The van der Waals surface area contributed by atoms with Crippen LogP contribution in [0.4, 0.5) is 11.4 Å². The molecule has 0 fully saturated rings. The molecule has 5 rings (SSSR count). The zero-order valence-electron chi connectivity index (χ0n) is 20.1. The number of fused-ring (bicyclic) bond motifs is 2. The lowest BCUT2D eigenvalue weighted by atomic mass is 10.1. The van der Waals surface area contributed by atoms with Crippen molar-refractivity contribution in [1.29, 1.82) is 0 Å². The number of hydrogen-bond donors (Lipinski definition) is 0. The van der Waals surface area contributed by atoms with Gasteiger partial charge < -0.3 is 4.90 Å². The molecule has 0 spiro atoms. The Kier molecular flexibility index (Phi) is 10.8. The number of allylic oxidation sites excluding steroid dienone is 2. The van der Waals surface area contributed by atoms with Gasteiger partial charge in [-0.1, -0.05) is 113 Å². The van der Waals surface area contributed by atoms with Gasteiger partial charge in [-0.2, -0.15) is 0 Å². The van der Waals surface area contributed by atoms with Crippen molar-refractivity contribution in [3.05, 3.63) is 114 Å². The molecule has 1 heteroatoms. The van der Waals surface area contributed by atoms with Gasteiger partial charge in [-0.3, -0.25) is 0 Å². The molecule has 166 valence electrons. The number of nitrogens with zero attached hydrogens (tertiary/aromatic N) is 1. The predicted octanol–water partition coefficient (Wildman–Crippen LogP) is 7.50. The van der Waals surface area contributed by atoms with Gasteiger partial charge in [-0.05, 0) is 47.1 Å². The fraction of sp³-hybridized carbons (Fsp3) is 0.226. The second-order valence-electron chi connectivity index (χ2n) is 6.97. The van der Waals surface area contributed by atoms with E-state index in [0.717, 1.165) is 19.4 Å². The van der Waals surface area contributed by atoms with Crippen molar-refractivity contribution in [3.63, 3.8) is 0 Å². The highest BCUT2D eigenvalue weighted by molar-refractivity contribution is 5.89. The average molecular weight is 424 g/mol. The zero-order valence-corrected chi connectivity index (χ0v) is 20.1. The van der Waals surface area contributed by atoms with Crippen LogP contribution in [-0.4, -0.2) is 6.54 Å². The molecule has 0 saturated heterocycles. The molecule has 0 radical (unpaired) electrons. The van der Waals surface area contributed by atoms with E-state index in [-0.39, 0.29) is 0 Å². The molecular weight excluding hydrogens is 386 g/mol. The molecular formula is C31H37N. The van der Waals surface area contributed by atoms with E-state index in [1.165, 1.54) is 32.9 Å². The molecule has 32 heavy (non-hydrogen) atoms. The zero-order chi connectivity index (χ0) is 23.2. The Morgan fingerprint density at radius 1 is 0.750 bits per heavy atom. The first-order valence-corrected chi connectivity index (χ1v) is 11.8. The van der Waals surface area contributed by atoms with Crippen LogP contribution in [0.5, 0.6) is 0 Å². The molecule has 0 bridgehead atoms. The average Bonchev–Trinajstić information content (AvgIpc) is 3.51. The first-order chi connectivity index (χ1) is 15.9. The van der Waals surface area contributed by atoms with E-state index in [1.54, 1.807) is 0 Å². The summed E-state index contributed by atoms with van der Waals surface area (Å²) in [5.74, 6) is 0. The SMILES string of the molecule is C1=c2ccccc2=CC1.C=CC/C=C1\CN(c2ccccc2)c2ccccc21.CC.CC. The van der Waals surface area contributed by atoms with Crippen LogP contribution in [-0.2, 0) is 0 Å². The maximum Gasteiger partial charge on any atom is 0.0490 e. The smallest absolute Gasteiger partial charge is 0.0490 e. The number of para-hydroxylation sites is 2. The predicted molar refractivity (Wildman–Crippen MR) is 145 cm³/mol. The lowest BCUT2D eigenvalue weighted by Gasteiger charge is -2.18. The Balaban J connectivity index is 0.000000233. The van der Waals surface area contributed by atoms with Crippen molar-refractivity contribution < 1.29 is 0 Å². The minimum absolute atomic E-state index is 0.923. The first-order valence-electron chi connectivity index (χ1n) is 11.8. The summed E-state index contributed by atoms with van der Waals surface area (Å²) in [6.45, 7) is 12.7. The molecule has 0 N–H and O–H groups in total.